The van der Waals surface area contributed by atoms with Crippen LogP contribution in [0.2, 0.25) is 0 Å². The third-order valence-electron chi connectivity index (χ3n) is 2.89. The summed E-state index contributed by atoms with van der Waals surface area (Å²) < 4.78 is 0. The summed E-state index contributed by atoms with van der Waals surface area (Å²) in [5, 5.41) is 11.8. The van der Waals surface area contributed by atoms with E-state index in [0.29, 0.717) is 6.54 Å². The first-order valence-corrected chi connectivity index (χ1v) is 5.94. The van der Waals surface area contributed by atoms with Gasteiger partial charge in [-0.2, -0.15) is 0 Å². The topological polar surface area (TPSA) is 49.3 Å². The van der Waals surface area contributed by atoms with Gasteiger partial charge in [-0.05, 0) is 50.8 Å². The van der Waals surface area contributed by atoms with Crippen LogP contribution >= 0.6 is 0 Å². The van der Waals surface area contributed by atoms with E-state index in [2.05, 4.69) is 38.2 Å². The Kier molecular flexibility index (Phi) is 4.70. The number of rotatable bonds is 4. The average Bonchev–Trinajstić information content (AvgIpc) is 2.21. The summed E-state index contributed by atoms with van der Waals surface area (Å²) in [5.41, 5.74) is 5.06. The minimum Gasteiger partial charge on any atom is -0.384 e. The summed E-state index contributed by atoms with van der Waals surface area (Å²) in [5.74, 6) is -0.313. The maximum Gasteiger partial charge on any atom is 0.248 e. The third kappa shape index (κ3) is 3.86. The molecule has 1 rings (SSSR count). The van der Waals surface area contributed by atoms with Crippen molar-refractivity contribution < 1.29 is 9.90 Å². The number of carbonyl (C=O) groups is 1. The van der Waals surface area contributed by atoms with Crippen LogP contribution in [0.25, 0.3) is 0 Å². The standard InChI is InChI=1S/C14H21NO2/c1-9-7-10(2)13(11(3)8-9)5-6-15-14(17)12(4)16/h7-8,12,16H,5-6H2,1-4H3,(H,15,17). The molecule has 1 unspecified atom stereocenters. The molecule has 1 atom stereocenters. The highest BCUT2D eigenvalue weighted by atomic mass is 16.3. The van der Waals surface area contributed by atoms with Gasteiger partial charge in [0.15, 0.2) is 0 Å². The van der Waals surface area contributed by atoms with Crippen molar-refractivity contribution in [1.82, 2.24) is 5.32 Å². The zero-order valence-electron chi connectivity index (χ0n) is 11.0. The number of carbonyl (C=O) groups excluding carboxylic acids is 1. The lowest BCUT2D eigenvalue weighted by atomic mass is 9.97. The minimum atomic E-state index is -0.935. The fraction of sp³-hybridized carbons (Fsp3) is 0.500. The van der Waals surface area contributed by atoms with E-state index in [0.717, 1.165) is 6.42 Å². The lowest BCUT2D eigenvalue weighted by Gasteiger charge is -2.12. The number of nitrogens with one attached hydrogen (secondary N) is 1. The van der Waals surface area contributed by atoms with Gasteiger partial charge in [0.2, 0.25) is 5.91 Å². The third-order valence-corrected chi connectivity index (χ3v) is 2.89. The Balaban J connectivity index is 2.61. The lowest BCUT2D eigenvalue weighted by molar-refractivity contribution is -0.128. The summed E-state index contributed by atoms with van der Waals surface area (Å²) in [4.78, 5) is 11.2. The predicted molar refractivity (Wildman–Crippen MR) is 69.0 cm³/mol. The molecule has 1 aromatic rings. The number of aliphatic hydroxyl groups excluding tert-OH is 1. The molecule has 0 aliphatic heterocycles. The van der Waals surface area contributed by atoms with Gasteiger partial charge in [-0.3, -0.25) is 4.79 Å². The van der Waals surface area contributed by atoms with Crippen LogP contribution < -0.4 is 5.32 Å². The maximum atomic E-state index is 11.2. The van der Waals surface area contributed by atoms with Gasteiger partial charge in [0.1, 0.15) is 6.10 Å². The van der Waals surface area contributed by atoms with Gasteiger partial charge in [0.25, 0.3) is 0 Å². The second-order valence-corrected chi connectivity index (χ2v) is 4.59. The summed E-state index contributed by atoms with van der Waals surface area (Å²) in [6.45, 7) is 8.29. The number of hydrogen-bond donors (Lipinski definition) is 2. The van der Waals surface area contributed by atoms with Gasteiger partial charge >= 0.3 is 0 Å². The summed E-state index contributed by atoms with van der Waals surface area (Å²) in [7, 11) is 0. The number of aryl methyl sites for hydroxylation is 3. The fourth-order valence-electron chi connectivity index (χ4n) is 2.06. The summed E-state index contributed by atoms with van der Waals surface area (Å²) in [6, 6.07) is 4.30. The van der Waals surface area contributed by atoms with Crippen molar-refractivity contribution in [3.63, 3.8) is 0 Å². The second-order valence-electron chi connectivity index (χ2n) is 4.59. The molecule has 0 aliphatic carbocycles. The highest BCUT2D eigenvalue weighted by Gasteiger charge is 2.08. The van der Waals surface area contributed by atoms with Gasteiger partial charge in [-0.25, -0.2) is 0 Å². The molecule has 0 saturated heterocycles. The molecule has 0 radical (unpaired) electrons. The highest BCUT2D eigenvalue weighted by Crippen LogP contribution is 2.16. The molecule has 17 heavy (non-hydrogen) atoms. The molecule has 0 heterocycles. The molecular formula is C14H21NO2. The first-order chi connectivity index (χ1) is 7.91. The molecule has 0 bridgehead atoms. The lowest BCUT2D eigenvalue weighted by Crippen LogP contribution is -2.34. The second kappa shape index (κ2) is 5.82. The van der Waals surface area contributed by atoms with Crippen LogP contribution in [-0.2, 0) is 11.2 Å². The summed E-state index contributed by atoms with van der Waals surface area (Å²) in [6.07, 6.45) is -0.133. The monoisotopic (exact) mass is 235 g/mol. The van der Waals surface area contributed by atoms with Gasteiger partial charge < -0.3 is 10.4 Å². The molecular weight excluding hydrogens is 214 g/mol. The van der Waals surface area contributed by atoms with Gasteiger partial charge in [-0.15, -0.1) is 0 Å². The molecule has 3 nitrogen and oxygen atoms in total. The van der Waals surface area contributed by atoms with Crippen molar-refractivity contribution in [2.75, 3.05) is 6.54 Å². The smallest absolute Gasteiger partial charge is 0.248 e. The van der Waals surface area contributed by atoms with E-state index >= 15 is 0 Å². The Labute approximate surface area is 103 Å². The largest absolute Gasteiger partial charge is 0.384 e. The Hall–Kier alpha value is -1.35. The Morgan fingerprint density at radius 1 is 1.29 bits per heavy atom. The molecule has 0 saturated carbocycles. The molecule has 94 valence electrons. The van der Waals surface area contributed by atoms with Crippen LogP contribution in [0, 0.1) is 20.8 Å². The van der Waals surface area contributed by atoms with Crippen LogP contribution in [0.1, 0.15) is 29.2 Å². The highest BCUT2D eigenvalue weighted by molar-refractivity contribution is 5.79. The van der Waals surface area contributed by atoms with Crippen molar-refractivity contribution in [3.05, 3.63) is 34.4 Å². The SMILES string of the molecule is Cc1cc(C)c(CCNC(=O)C(C)O)c(C)c1. The van der Waals surface area contributed by atoms with Crippen molar-refractivity contribution >= 4 is 5.91 Å². The zero-order valence-corrected chi connectivity index (χ0v) is 11.0. The van der Waals surface area contributed by atoms with E-state index in [1.807, 2.05) is 0 Å². The zero-order chi connectivity index (χ0) is 13.0. The van der Waals surface area contributed by atoms with E-state index in [4.69, 9.17) is 5.11 Å². The van der Waals surface area contributed by atoms with Gasteiger partial charge in [-0.1, -0.05) is 17.7 Å². The average molecular weight is 235 g/mol. The predicted octanol–water partition coefficient (Wildman–Crippen LogP) is 1.65. The van der Waals surface area contributed by atoms with Crippen LogP contribution in [0.5, 0.6) is 0 Å². The molecule has 2 N–H and O–H groups in total. The first kappa shape index (κ1) is 13.7. The van der Waals surface area contributed by atoms with Crippen molar-refractivity contribution in [1.29, 1.82) is 0 Å². The van der Waals surface area contributed by atoms with Crippen LogP contribution in [0.4, 0.5) is 0 Å². The first-order valence-electron chi connectivity index (χ1n) is 5.94. The normalized spacial score (nSPS) is 12.3. The quantitative estimate of drug-likeness (QED) is 0.833. The van der Waals surface area contributed by atoms with Crippen LogP contribution in [0.15, 0.2) is 12.1 Å². The fourth-order valence-corrected chi connectivity index (χ4v) is 2.06. The number of aliphatic hydroxyl groups is 1. The van der Waals surface area contributed by atoms with Crippen molar-refractivity contribution in [2.24, 2.45) is 0 Å². The van der Waals surface area contributed by atoms with E-state index in [-0.39, 0.29) is 5.91 Å². The summed E-state index contributed by atoms with van der Waals surface area (Å²) >= 11 is 0. The molecule has 0 fully saturated rings. The number of hydrogen-bond acceptors (Lipinski definition) is 2. The van der Waals surface area contributed by atoms with Gasteiger partial charge in [0, 0.05) is 6.54 Å². The Morgan fingerprint density at radius 3 is 2.29 bits per heavy atom. The minimum absolute atomic E-state index is 0.313. The van der Waals surface area contributed by atoms with Crippen molar-refractivity contribution in [2.45, 2.75) is 40.2 Å². The van der Waals surface area contributed by atoms with Crippen LogP contribution in [0.3, 0.4) is 0 Å². The van der Waals surface area contributed by atoms with E-state index in [9.17, 15) is 4.79 Å². The molecule has 1 aromatic carbocycles. The maximum absolute atomic E-state index is 11.2. The van der Waals surface area contributed by atoms with Gasteiger partial charge in [0.05, 0.1) is 0 Å². The van der Waals surface area contributed by atoms with Crippen molar-refractivity contribution in [3.8, 4) is 0 Å². The van der Waals surface area contributed by atoms with E-state index < -0.39 is 6.10 Å². The molecule has 0 spiro atoms. The van der Waals surface area contributed by atoms with E-state index in [1.165, 1.54) is 29.2 Å². The number of benzene rings is 1. The number of amides is 1. The molecule has 0 aromatic heterocycles. The Bertz CT molecular complexity index is 388. The van der Waals surface area contributed by atoms with Crippen LogP contribution in [-0.4, -0.2) is 23.7 Å². The molecule has 3 heteroatoms. The molecule has 0 aliphatic rings. The molecule has 1 amide bonds. The van der Waals surface area contributed by atoms with E-state index in [1.54, 1.807) is 0 Å². The Morgan fingerprint density at radius 2 is 1.82 bits per heavy atom.